The highest BCUT2D eigenvalue weighted by atomic mass is 32.1. The summed E-state index contributed by atoms with van der Waals surface area (Å²) in [5.74, 6) is 0. The highest BCUT2D eigenvalue weighted by Crippen LogP contribution is 2.33. The lowest BCUT2D eigenvalue weighted by Crippen LogP contribution is -2.61. The summed E-state index contributed by atoms with van der Waals surface area (Å²) in [4.78, 5) is 35.1. The Balaban J connectivity index is 1.73. The number of non-ortho nitro benzene ring substituents is 1. The van der Waals surface area contributed by atoms with Crippen molar-refractivity contribution >= 4 is 30.8 Å². The van der Waals surface area contributed by atoms with Crippen molar-refractivity contribution in [2.75, 3.05) is 13.1 Å². The van der Waals surface area contributed by atoms with Gasteiger partial charge in [-0.1, -0.05) is 12.2 Å². The molecule has 1 aromatic carbocycles. The normalized spacial score (nSPS) is 30.0. The van der Waals surface area contributed by atoms with Crippen LogP contribution in [0.1, 0.15) is 18.4 Å². The molecule has 0 aliphatic carbocycles. The van der Waals surface area contributed by atoms with E-state index >= 15 is 0 Å². The van der Waals surface area contributed by atoms with Gasteiger partial charge >= 0.3 is 12.5 Å². The molecular formula is C18H22N3O5S+. The largest absolute Gasteiger partial charge is 0.524 e. The highest BCUT2D eigenvalue weighted by Gasteiger charge is 2.56. The molecule has 2 aliphatic heterocycles. The van der Waals surface area contributed by atoms with E-state index in [-0.39, 0.29) is 36.2 Å². The minimum atomic E-state index is -0.620. The number of ether oxygens (including phenoxy) is 1. The van der Waals surface area contributed by atoms with Crippen LogP contribution in [0.3, 0.4) is 0 Å². The Labute approximate surface area is 162 Å². The van der Waals surface area contributed by atoms with Crippen LogP contribution in [0.2, 0.25) is 0 Å². The van der Waals surface area contributed by atoms with Gasteiger partial charge in [-0.3, -0.25) is 10.1 Å². The molecule has 1 N–H and O–H groups in total. The molecule has 4 atom stereocenters. The lowest BCUT2D eigenvalue weighted by molar-refractivity contribution is -0.786. The number of nitro groups is 1. The molecule has 1 fully saturated rings. The Bertz CT molecular complexity index is 754. The Morgan fingerprint density at radius 1 is 1.41 bits per heavy atom. The van der Waals surface area contributed by atoms with Crippen molar-refractivity contribution in [3.05, 3.63) is 52.1 Å². The van der Waals surface area contributed by atoms with Gasteiger partial charge in [0.2, 0.25) is 0 Å². The third kappa shape index (κ3) is 4.05. The number of carbonyl (C=O) groups excluding carboxylic acids is 2. The maximum atomic E-state index is 12.9. The van der Waals surface area contributed by atoms with Gasteiger partial charge in [0.25, 0.3) is 5.69 Å². The van der Waals surface area contributed by atoms with Crippen LogP contribution in [0.4, 0.5) is 10.5 Å². The van der Waals surface area contributed by atoms with Crippen molar-refractivity contribution in [1.82, 2.24) is 5.32 Å². The van der Waals surface area contributed by atoms with E-state index in [1.165, 1.54) is 24.3 Å². The summed E-state index contributed by atoms with van der Waals surface area (Å²) in [6, 6.07) is 5.41. The third-order valence-electron chi connectivity index (χ3n) is 5.10. The summed E-state index contributed by atoms with van der Waals surface area (Å²) in [6.45, 7) is 1.02. The number of hydrogen-bond donors (Lipinski definition) is 2. The van der Waals surface area contributed by atoms with Gasteiger partial charge in [-0.05, 0) is 30.7 Å². The van der Waals surface area contributed by atoms with E-state index in [2.05, 4.69) is 24.0 Å². The first-order valence-electron chi connectivity index (χ1n) is 8.79. The zero-order chi connectivity index (χ0) is 19.4. The molecule has 3 rings (SSSR count). The van der Waals surface area contributed by atoms with E-state index in [4.69, 9.17) is 4.74 Å². The topological polar surface area (TPSA) is 98.5 Å². The van der Waals surface area contributed by atoms with Gasteiger partial charge in [0.15, 0.2) is 0 Å². The Hall–Kier alpha value is -2.23. The maximum absolute atomic E-state index is 12.9. The monoisotopic (exact) mass is 392 g/mol. The molecule has 2 aliphatic rings. The van der Waals surface area contributed by atoms with Crippen LogP contribution in [-0.2, 0) is 16.1 Å². The summed E-state index contributed by atoms with van der Waals surface area (Å²) < 4.78 is 4.99. The predicted octanol–water partition coefficient (Wildman–Crippen LogP) is 2.19. The number of imide groups is 1. The minimum Gasteiger partial charge on any atom is -0.415 e. The first-order chi connectivity index (χ1) is 13.0. The third-order valence-corrected chi connectivity index (χ3v) is 5.48. The van der Waals surface area contributed by atoms with E-state index in [1.807, 2.05) is 6.08 Å². The average Bonchev–Trinajstić information content (AvgIpc) is 3.05. The number of rotatable bonds is 5. The summed E-state index contributed by atoms with van der Waals surface area (Å²) in [6.07, 6.45) is 5.62. The molecule has 1 saturated heterocycles. The number of nitrogens with one attached hydrogen (secondary N) is 1. The molecule has 0 aromatic heterocycles. The molecule has 9 heteroatoms. The molecule has 2 amide bonds. The second-order valence-electron chi connectivity index (χ2n) is 6.85. The molecule has 0 saturated carbocycles. The van der Waals surface area contributed by atoms with E-state index in [0.717, 1.165) is 13.0 Å². The molecule has 1 aromatic rings. The molecule has 0 radical (unpaired) electrons. The summed E-state index contributed by atoms with van der Waals surface area (Å²) >= 11 is 4.50. The van der Waals surface area contributed by atoms with Gasteiger partial charge in [0.1, 0.15) is 19.2 Å². The van der Waals surface area contributed by atoms with Crippen LogP contribution < -0.4 is 5.32 Å². The summed E-state index contributed by atoms with van der Waals surface area (Å²) in [5.41, 5.74) is 0.584. The molecule has 27 heavy (non-hydrogen) atoms. The SMILES string of the molecule is O=C[N+]1(C(=O)OCc2ccc([N+](=O)[O-])cc2)C[C@@H](S)C[C@H]1C1C=CCCN1. The van der Waals surface area contributed by atoms with Gasteiger partial charge in [-0.15, -0.1) is 0 Å². The van der Waals surface area contributed by atoms with E-state index in [1.54, 1.807) is 0 Å². The Morgan fingerprint density at radius 2 is 2.15 bits per heavy atom. The molecule has 144 valence electrons. The van der Waals surface area contributed by atoms with Crippen molar-refractivity contribution < 1.29 is 23.7 Å². The molecule has 8 nitrogen and oxygen atoms in total. The van der Waals surface area contributed by atoms with E-state index < -0.39 is 15.5 Å². The quantitative estimate of drug-likeness (QED) is 0.199. The maximum Gasteiger partial charge on any atom is 0.524 e. The summed E-state index contributed by atoms with van der Waals surface area (Å²) in [7, 11) is 0. The van der Waals surface area contributed by atoms with Gasteiger partial charge in [-0.2, -0.15) is 21.9 Å². The first-order valence-corrected chi connectivity index (χ1v) is 9.30. The van der Waals surface area contributed by atoms with Gasteiger partial charge < -0.3 is 10.1 Å². The fraction of sp³-hybridized carbons (Fsp3) is 0.444. The number of quaternary nitrogens is 1. The number of nitrogens with zero attached hydrogens (tertiary/aromatic N) is 2. The Morgan fingerprint density at radius 3 is 2.74 bits per heavy atom. The first kappa shape index (κ1) is 19.5. The fourth-order valence-electron chi connectivity index (χ4n) is 3.72. The molecule has 0 spiro atoms. The minimum absolute atomic E-state index is 0.0332. The number of hydrogen-bond acceptors (Lipinski definition) is 7. The number of nitro benzene ring substituents is 1. The van der Waals surface area contributed by atoms with Gasteiger partial charge in [-0.25, -0.2) is 4.79 Å². The predicted molar refractivity (Wildman–Crippen MR) is 101 cm³/mol. The second-order valence-corrected chi connectivity index (χ2v) is 7.58. The van der Waals surface area contributed by atoms with Crippen molar-refractivity contribution in [2.45, 2.75) is 36.8 Å². The van der Waals surface area contributed by atoms with Crippen molar-refractivity contribution in [3.63, 3.8) is 0 Å². The number of thiol groups is 1. The number of benzene rings is 1. The number of carbonyl (C=O) groups is 2. The van der Waals surface area contributed by atoms with Crippen LogP contribution in [0.15, 0.2) is 36.4 Å². The lowest BCUT2D eigenvalue weighted by atomic mass is 10.0. The fourth-order valence-corrected chi connectivity index (χ4v) is 4.21. The van der Waals surface area contributed by atoms with E-state index in [9.17, 15) is 19.7 Å². The highest BCUT2D eigenvalue weighted by molar-refractivity contribution is 7.81. The molecular weight excluding hydrogens is 370 g/mol. The second kappa shape index (κ2) is 8.20. The lowest BCUT2D eigenvalue weighted by Gasteiger charge is -2.34. The number of likely N-dealkylation sites (tertiary alicyclic amines) is 1. The van der Waals surface area contributed by atoms with Crippen molar-refractivity contribution in [2.24, 2.45) is 0 Å². The molecule has 2 unspecified atom stereocenters. The van der Waals surface area contributed by atoms with Crippen LogP contribution in [0.5, 0.6) is 0 Å². The number of amides is 2. The van der Waals surface area contributed by atoms with Crippen LogP contribution in [0.25, 0.3) is 0 Å². The van der Waals surface area contributed by atoms with Crippen LogP contribution in [-0.4, -0.2) is 52.3 Å². The van der Waals surface area contributed by atoms with Gasteiger partial charge in [0.05, 0.1) is 16.2 Å². The zero-order valence-corrected chi connectivity index (χ0v) is 15.6. The van der Waals surface area contributed by atoms with Crippen molar-refractivity contribution in [1.29, 1.82) is 0 Å². The molecule has 2 heterocycles. The van der Waals surface area contributed by atoms with Gasteiger partial charge in [0, 0.05) is 18.6 Å². The van der Waals surface area contributed by atoms with Crippen LogP contribution in [0, 0.1) is 10.1 Å². The zero-order valence-electron chi connectivity index (χ0n) is 14.7. The Kier molecular flexibility index (Phi) is 5.93. The van der Waals surface area contributed by atoms with Crippen LogP contribution >= 0.6 is 12.6 Å². The van der Waals surface area contributed by atoms with E-state index in [0.29, 0.717) is 18.4 Å². The average molecular weight is 392 g/mol. The molecule has 0 bridgehead atoms. The summed E-state index contributed by atoms with van der Waals surface area (Å²) in [5, 5.41) is 14.0. The van der Waals surface area contributed by atoms with Crippen molar-refractivity contribution in [3.8, 4) is 0 Å². The standard InChI is InChI=1S/C18H21N3O5S/c22-12-21(10-15(27)9-17(21)16-3-1-2-8-19-16)18(23)26-11-13-4-6-14(7-5-13)20(24)25/h1,3-7,12,15-17,19H,2,8-11H2/p+1/t15-,16?,17-,21?/m0/s1. The smallest absolute Gasteiger partial charge is 0.415 e.